The largest absolute Gasteiger partial charge is 0.342 e. The van der Waals surface area contributed by atoms with Crippen molar-refractivity contribution in [2.45, 2.75) is 43.3 Å². The molecule has 0 radical (unpaired) electrons. The topological polar surface area (TPSA) is 40.6 Å². The molecule has 0 N–H and O–H groups in total. The molecule has 130 valence electrons. The van der Waals surface area contributed by atoms with E-state index in [0.29, 0.717) is 24.8 Å². The molecule has 2 fully saturated rings. The Labute approximate surface area is 148 Å². The smallest absolute Gasteiger partial charge is 0.227 e. The Bertz CT molecular complexity index is 611. The van der Waals surface area contributed by atoms with Gasteiger partial charge in [0.1, 0.15) is 0 Å². The van der Waals surface area contributed by atoms with Crippen molar-refractivity contribution in [1.29, 1.82) is 0 Å². The Morgan fingerprint density at radius 2 is 2.04 bits per heavy atom. The van der Waals surface area contributed by atoms with Gasteiger partial charge in [0.05, 0.1) is 5.92 Å². The molecule has 3 rings (SSSR count). The Hall–Kier alpha value is -1.49. The normalized spacial score (nSPS) is 22.2. The number of benzene rings is 1. The van der Waals surface area contributed by atoms with Crippen molar-refractivity contribution in [2.24, 2.45) is 5.92 Å². The zero-order chi connectivity index (χ0) is 17.1. The van der Waals surface area contributed by atoms with Gasteiger partial charge in [0.2, 0.25) is 11.8 Å². The van der Waals surface area contributed by atoms with Gasteiger partial charge in [-0.3, -0.25) is 9.59 Å². The molecule has 0 spiro atoms. The lowest BCUT2D eigenvalue weighted by atomic mass is 10.0. The molecule has 0 saturated carbocycles. The van der Waals surface area contributed by atoms with Crippen LogP contribution < -0.4 is 0 Å². The summed E-state index contributed by atoms with van der Waals surface area (Å²) >= 11 is 1.93. The van der Waals surface area contributed by atoms with Crippen LogP contribution in [0.3, 0.4) is 0 Å². The Kier molecular flexibility index (Phi) is 5.49. The molecule has 2 heterocycles. The number of nitrogens with zero attached hydrogens (tertiary/aromatic N) is 2. The summed E-state index contributed by atoms with van der Waals surface area (Å²) in [6.07, 6.45) is 2.45. The van der Waals surface area contributed by atoms with E-state index < -0.39 is 0 Å². The van der Waals surface area contributed by atoms with Crippen molar-refractivity contribution in [2.75, 3.05) is 26.2 Å². The second kappa shape index (κ2) is 7.60. The number of rotatable bonds is 4. The van der Waals surface area contributed by atoms with Crippen molar-refractivity contribution in [3.05, 3.63) is 29.8 Å². The first kappa shape index (κ1) is 17.3. The number of thioether (sulfide) groups is 1. The SMILES string of the molecule is CCN1CC(C(=O)N2CCC(Sc3cccc(C)c3)CC2)CC1=O. The van der Waals surface area contributed by atoms with Crippen LogP contribution in [0, 0.1) is 12.8 Å². The van der Waals surface area contributed by atoms with Gasteiger partial charge in [-0.05, 0) is 38.8 Å². The average Bonchev–Trinajstić information content (AvgIpc) is 2.96. The van der Waals surface area contributed by atoms with Gasteiger partial charge in [0.25, 0.3) is 0 Å². The number of carbonyl (C=O) groups excluding carboxylic acids is 2. The van der Waals surface area contributed by atoms with Gasteiger partial charge in [0, 0.05) is 42.7 Å². The van der Waals surface area contributed by atoms with Crippen molar-refractivity contribution >= 4 is 23.6 Å². The van der Waals surface area contributed by atoms with Crippen LogP contribution in [0.1, 0.15) is 31.7 Å². The lowest BCUT2D eigenvalue weighted by Gasteiger charge is -2.33. The van der Waals surface area contributed by atoms with E-state index in [1.807, 2.05) is 23.6 Å². The van der Waals surface area contributed by atoms with E-state index in [1.54, 1.807) is 4.90 Å². The highest BCUT2D eigenvalue weighted by atomic mass is 32.2. The molecular formula is C19H26N2O2S. The lowest BCUT2D eigenvalue weighted by molar-refractivity contribution is -0.136. The van der Waals surface area contributed by atoms with Gasteiger partial charge >= 0.3 is 0 Å². The number of aryl methyl sites for hydroxylation is 1. The predicted molar refractivity (Wildman–Crippen MR) is 97.0 cm³/mol. The summed E-state index contributed by atoms with van der Waals surface area (Å²) in [6, 6.07) is 8.62. The van der Waals surface area contributed by atoms with Crippen molar-refractivity contribution in [3.63, 3.8) is 0 Å². The molecule has 2 saturated heterocycles. The summed E-state index contributed by atoms with van der Waals surface area (Å²) < 4.78 is 0. The minimum Gasteiger partial charge on any atom is -0.342 e. The highest BCUT2D eigenvalue weighted by Gasteiger charge is 2.36. The van der Waals surface area contributed by atoms with Gasteiger partial charge in [0.15, 0.2) is 0 Å². The van der Waals surface area contributed by atoms with Gasteiger partial charge in [-0.15, -0.1) is 11.8 Å². The van der Waals surface area contributed by atoms with Crippen LogP contribution >= 0.6 is 11.8 Å². The maximum absolute atomic E-state index is 12.7. The van der Waals surface area contributed by atoms with E-state index in [0.717, 1.165) is 25.9 Å². The summed E-state index contributed by atoms with van der Waals surface area (Å²) in [5.41, 5.74) is 1.29. The first-order chi connectivity index (χ1) is 11.6. The standard InChI is InChI=1S/C19H26N2O2S/c1-3-20-13-15(12-18(20)22)19(23)21-9-7-16(8-10-21)24-17-6-4-5-14(2)11-17/h4-6,11,15-16H,3,7-10,12-13H2,1-2H3. The highest BCUT2D eigenvalue weighted by molar-refractivity contribution is 8.00. The summed E-state index contributed by atoms with van der Waals surface area (Å²) in [6.45, 7) is 7.04. The average molecular weight is 346 g/mol. The number of hydrogen-bond acceptors (Lipinski definition) is 3. The maximum Gasteiger partial charge on any atom is 0.227 e. The number of piperidine rings is 1. The number of likely N-dealkylation sites (tertiary alicyclic amines) is 2. The Morgan fingerprint density at radius 1 is 1.29 bits per heavy atom. The van der Waals surface area contributed by atoms with E-state index in [1.165, 1.54) is 10.5 Å². The lowest BCUT2D eigenvalue weighted by Crippen LogP contribution is -2.43. The minimum absolute atomic E-state index is 0.126. The molecule has 5 heteroatoms. The van der Waals surface area contributed by atoms with E-state index in [2.05, 4.69) is 31.2 Å². The van der Waals surface area contributed by atoms with Crippen molar-refractivity contribution in [1.82, 2.24) is 9.80 Å². The number of carbonyl (C=O) groups is 2. The van der Waals surface area contributed by atoms with Gasteiger partial charge < -0.3 is 9.80 Å². The zero-order valence-electron chi connectivity index (χ0n) is 14.5. The monoisotopic (exact) mass is 346 g/mol. The predicted octanol–water partition coefficient (Wildman–Crippen LogP) is 2.95. The molecule has 0 aromatic heterocycles. The zero-order valence-corrected chi connectivity index (χ0v) is 15.3. The molecule has 2 amide bonds. The molecule has 2 aliphatic rings. The summed E-state index contributed by atoms with van der Waals surface area (Å²) in [4.78, 5) is 29.6. The highest BCUT2D eigenvalue weighted by Crippen LogP contribution is 2.31. The second-order valence-electron chi connectivity index (χ2n) is 6.79. The molecule has 1 aromatic rings. The first-order valence-electron chi connectivity index (χ1n) is 8.86. The summed E-state index contributed by atoms with van der Waals surface area (Å²) in [5, 5.41) is 0.577. The van der Waals surface area contributed by atoms with Crippen LogP contribution in [-0.4, -0.2) is 53.0 Å². The maximum atomic E-state index is 12.7. The molecule has 4 nitrogen and oxygen atoms in total. The van der Waals surface area contributed by atoms with E-state index in [-0.39, 0.29) is 17.7 Å². The van der Waals surface area contributed by atoms with Crippen LogP contribution in [0.15, 0.2) is 29.2 Å². The molecule has 1 unspecified atom stereocenters. The molecule has 0 bridgehead atoms. The molecule has 2 aliphatic heterocycles. The third-order valence-corrected chi connectivity index (χ3v) is 6.32. The Morgan fingerprint density at radius 3 is 2.67 bits per heavy atom. The molecule has 1 atom stereocenters. The number of amides is 2. The molecule has 1 aromatic carbocycles. The fourth-order valence-electron chi connectivity index (χ4n) is 3.58. The second-order valence-corrected chi connectivity index (χ2v) is 8.17. The minimum atomic E-state index is -0.126. The van der Waals surface area contributed by atoms with E-state index >= 15 is 0 Å². The van der Waals surface area contributed by atoms with Gasteiger partial charge in [-0.2, -0.15) is 0 Å². The van der Waals surface area contributed by atoms with Crippen molar-refractivity contribution < 1.29 is 9.59 Å². The van der Waals surface area contributed by atoms with Crippen LogP contribution in [0.5, 0.6) is 0 Å². The van der Waals surface area contributed by atoms with Crippen LogP contribution in [0.2, 0.25) is 0 Å². The van der Waals surface area contributed by atoms with Gasteiger partial charge in [-0.25, -0.2) is 0 Å². The third-order valence-electron chi connectivity index (χ3n) is 4.99. The quantitative estimate of drug-likeness (QED) is 0.842. The van der Waals surface area contributed by atoms with Crippen molar-refractivity contribution in [3.8, 4) is 0 Å². The summed E-state index contributed by atoms with van der Waals surface area (Å²) in [5.74, 6) is 0.178. The molecule has 0 aliphatic carbocycles. The number of hydrogen-bond donors (Lipinski definition) is 0. The fourth-order valence-corrected chi connectivity index (χ4v) is 4.82. The molecule has 24 heavy (non-hydrogen) atoms. The summed E-state index contributed by atoms with van der Waals surface area (Å²) in [7, 11) is 0. The first-order valence-corrected chi connectivity index (χ1v) is 9.74. The van der Waals surface area contributed by atoms with Crippen LogP contribution in [-0.2, 0) is 9.59 Å². The van der Waals surface area contributed by atoms with E-state index in [9.17, 15) is 9.59 Å². The van der Waals surface area contributed by atoms with E-state index in [4.69, 9.17) is 0 Å². The van der Waals surface area contributed by atoms with Crippen LogP contribution in [0.4, 0.5) is 0 Å². The van der Waals surface area contributed by atoms with Crippen LogP contribution in [0.25, 0.3) is 0 Å². The molecular weight excluding hydrogens is 320 g/mol. The third kappa shape index (κ3) is 3.94. The Balaban J connectivity index is 1.50. The fraction of sp³-hybridized carbons (Fsp3) is 0.579. The van der Waals surface area contributed by atoms with Gasteiger partial charge in [-0.1, -0.05) is 17.7 Å².